The summed E-state index contributed by atoms with van der Waals surface area (Å²) in [7, 11) is 0. The van der Waals surface area contributed by atoms with Crippen LogP contribution in [0.1, 0.15) is 25.7 Å². The predicted octanol–water partition coefficient (Wildman–Crippen LogP) is 1.40. The van der Waals surface area contributed by atoms with E-state index in [-0.39, 0.29) is 0 Å². The monoisotopic (exact) mass is 225 g/mol. The van der Waals surface area contributed by atoms with Gasteiger partial charge in [0.2, 0.25) is 0 Å². The zero-order valence-electron chi connectivity index (χ0n) is 10.4. The lowest BCUT2D eigenvalue weighted by Gasteiger charge is -2.34. The standard InChI is InChI=1S/C13H25N2O/c1-13(15-9-11-16-12-10-15)5-8-14-6-3-2-4-7-14/h13H,1-12H2. The Kier molecular flexibility index (Phi) is 5.07. The van der Waals surface area contributed by atoms with Crippen LogP contribution in [0.15, 0.2) is 0 Å². The number of hydrogen-bond donors (Lipinski definition) is 0. The topological polar surface area (TPSA) is 15.7 Å². The van der Waals surface area contributed by atoms with Crippen LogP contribution in [0.5, 0.6) is 0 Å². The Balaban J connectivity index is 1.63. The van der Waals surface area contributed by atoms with E-state index in [1.165, 1.54) is 45.3 Å². The zero-order valence-corrected chi connectivity index (χ0v) is 10.4. The molecule has 1 radical (unpaired) electrons. The average Bonchev–Trinajstić information content (AvgIpc) is 2.38. The van der Waals surface area contributed by atoms with E-state index in [0.717, 1.165) is 26.3 Å². The molecule has 0 bridgehead atoms. The van der Waals surface area contributed by atoms with Crippen molar-refractivity contribution < 1.29 is 4.74 Å². The normalized spacial score (nSPS) is 26.8. The number of piperidine rings is 1. The van der Waals surface area contributed by atoms with Gasteiger partial charge >= 0.3 is 0 Å². The van der Waals surface area contributed by atoms with Gasteiger partial charge in [0.25, 0.3) is 0 Å². The van der Waals surface area contributed by atoms with Gasteiger partial charge in [-0.3, -0.25) is 4.90 Å². The molecule has 0 amide bonds. The molecule has 0 aliphatic carbocycles. The summed E-state index contributed by atoms with van der Waals surface area (Å²) >= 11 is 0. The Bertz CT molecular complexity index is 186. The van der Waals surface area contributed by atoms with E-state index in [4.69, 9.17) is 4.74 Å². The van der Waals surface area contributed by atoms with Crippen molar-refractivity contribution in [3.05, 3.63) is 6.92 Å². The molecule has 2 heterocycles. The summed E-state index contributed by atoms with van der Waals surface area (Å²) in [6.07, 6.45) is 5.41. The number of nitrogens with zero attached hydrogens (tertiary/aromatic N) is 2. The van der Waals surface area contributed by atoms with Crippen LogP contribution in [0.2, 0.25) is 0 Å². The Hall–Kier alpha value is -0.120. The summed E-state index contributed by atoms with van der Waals surface area (Å²) in [6.45, 7) is 12.0. The van der Waals surface area contributed by atoms with Crippen LogP contribution in [0.4, 0.5) is 0 Å². The van der Waals surface area contributed by atoms with E-state index in [1.54, 1.807) is 0 Å². The first-order chi connectivity index (χ1) is 7.86. The van der Waals surface area contributed by atoms with Crippen molar-refractivity contribution in [2.75, 3.05) is 45.9 Å². The lowest BCUT2D eigenvalue weighted by Crippen LogP contribution is -2.44. The van der Waals surface area contributed by atoms with Gasteiger partial charge in [-0.05, 0) is 45.8 Å². The molecule has 0 saturated carbocycles. The van der Waals surface area contributed by atoms with Gasteiger partial charge in [-0.1, -0.05) is 6.42 Å². The molecular formula is C13H25N2O. The highest BCUT2D eigenvalue weighted by Crippen LogP contribution is 2.12. The van der Waals surface area contributed by atoms with Gasteiger partial charge in [0.1, 0.15) is 0 Å². The maximum absolute atomic E-state index is 5.36. The van der Waals surface area contributed by atoms with Crippen molar-refractivity contribution >= 4 is 0 Å². The van der Waals surface area contributed by atoms with Crippen molar-refractivity contribution in [3.8, 4) is 0 Å². The quantitative estimate of drug-likeness (QED) is 0.719. The smallest absolute Gasteiger partial charge is 0.0594 e. The molecule has 16 heavy (non-hydrogen) atoms. The van der Waals surface area contributed by atoms with Crippen LogP contribution in [-0.4, -0.2) is 61.8 Å². The summed E-state index contributed by atoms with van der Waals surface area (Å²) in [5.74, 6) is 0. The van der Waals surface area contributed by atoms with E-state index in [9.17, 15) is 0 Å². The second kappa shape index (κ2) is 6.58. The number of rotatable bonds is 4. The molecule has 2 aliphatic rings. The maximum atomic E-state index is 5.36. The molecule has 2 aliphatic heterocycles. The molecule has 3 nitrogen and oxygen atoms in total. The Labute approximate surface area is 99.7 Å². The highest BCUT2D eigenvalue weighted by molar-refractivity contribution is 4.77. The van der Waals surface area contributed by atoms with Gasteiger partial charge in [-0.25, -0.2) is 0 Å². The largest absolute Gasteiger partial charge is 0.379 e. The van der Waals surface area contributed by atoms with Crippen LogP contribution in [0.3, 0.4) is 0 Å². The molecule has 0 spiro atoms. The predicted molar refractivity (Wildman–Crippen MR) is 66.4 cm³/mol. The molecule has 0 aromatic rings. The van der Waals surface area contributed by atoms with Gasteiger partial charge in [-0.15, -0.1) is 0 Å². The molecule has 1 atom stereocenters. The molecule has 2 fully saturated rings. The minimum atomic E-state index is 0.478. The molecule has 2 saturated heterocycles. The first kappa shape index (κ1) is 12.3. The zero-order chi connectivity index (χ0) is 11.2. The highest BCUT2D eigenvalue weighted by atomic mass is 16.5. The summed E-state index contributed by atoms with van der Waals surface area (Å²) < 4.78 is 5.36. The van der Waals surface area contributed by atoms with E-state index in [2.05, 4.69) is 16.7 Å². The molecule has 0 aromatic carbocycles. The van der Waals surface area contributed by atoms with E-state index >= 15 is 0 Å². The number of morpholine rings is 1. The van der Waals surface area contributed by atoms with Crippen molar-refractivity contribution in [3.63, 3.8) is 0 Å². The van der Waals surface area contributed by atoms with Gasteiger partial charge < -0.3 is 9.64 Å². The Morgan fingerprint density at radius 3 is 2.38 bits per heavy atom. The fourth-order valence-corrected chi connectivity index (χ4v) is 2.64. The molecule has 3 heteroatoms. The van der Waals surface area contributed by atoms with E-state index < -0.39 is 0 Å². The van der Waals surface area contributed by atoms with Crippen LogP contribution in [0, 0.1) is 6.92 Å². The van der Waals surface area contributed by atoms with Crippen molar-refractivity contribution in [2.45, 2.75) is 31.7 Å². The molecule has 1 unspecified atom stereocenters. The van der Waals surface area contributed by atoms with Gasteiger partial charge in [0.05, 0.1) is 13.2 Å². The van der Waals surface area contributed by atoms with E-state index in [0.29, 0.717) is 6.04 Å². The molecule has 93 valence electrons. The minimum Gasteiger partial charge on any atom is -0.379 e. The minimum absolute atomic E-state index is 0.478. The maximum Gasteiger partial charge on any atom is 0.0594 e. The van der Waals surface area contributed by atoms with Crippen LogP contribution in [-0.2, 0) is 4.74 Å². The molecular weight excluding hydrogens is 200 g/mol. The second-order valence-corrected chi connectivity index (χ2v) is 4.99. The lowest BCUT2D eigenvalue weighted by atomic mass is 10.1. The number of ether oxygens (including phenoxy) is 1. The summed E-state index contributed by atoms with van der Waals surface area (Å²) in [5.41, 5.74) is 0. The van der Waals surface area contributed by atoms with E-state index in [1.807, 2.05) is 0 Å². The highest BCUT2D eigenvalue weighted by Gasteiger charge is 2.18. The van der Waals surface area contributed by atoms with Gasteiger partial charge in [0.15, 0.2) is 0 Å². The first-order valence-electron chi connectivity index (χ1n) is 6.73. The first-order valence-corrected chi connectivity index (χ1v) is 6.73. The van der Waals surface area contributed by atoms with Crippen molar-refractivity contribution in [1.29, 1.82) is 0 Å². The SMILES string of the molecule is [CH2]C(CCN1CCCCC1)N1CCOCC1. The number of hydrogen-bond acceptors (Lipinski definition) is 3. The fraction of sp³-hybridized carbons (Fsp3) is 0.923. The Morgan fingerprint density at radius 1 is 1.00 bits per heavy atom. The summed E-state index contributed by atoms with van der Waals surface area (Å²) in [6, 6.07) is 0.478. The fourth-order valence-electron chi connectivity index (χ4n) is 2.64. The Morgan fingerprint density at radius 2 is 1.69 bits per heavy atom. The van der Waals surface area contributed by atoms with Crippen LogP contribution >= 0.6 is 0 Å². The molecule has 2 rings (SSSR count). The third-order valence-electron chi connectivity index (χ3n) is 3.79. The van der Waals surface area contributed by atoms with Gasteiger partial charge in [0, 0.05) is 19.1 Å². The summed E-state index contributed by atoms with van der Waals surface area (Å²) in [5, 5.41) is 0. The van der Waals surface area contributed by atoms with Crippen molar-refractivity contribution in [2.24, 2.45) is 0 Å². The second-order valence-electron chi connectivity index (χ2n) is 4.99. The average molecular weight is 225 g/mol. The van der Waals surface area contributed by atoms with Gasteiger partial charge in [-0.2, -0.15) is 0 Å². The summed E-state index contributed by atoms with van der Waals surface area (Å²) in [4.78, 5) is 5.07. The number of likely N-dealkylation sites (tertiary alicyclic amines) is 1. The molecule has 0 aromatic heterocycles. The van der Waals surface area contributed by atoms with Crippen LogP contribution < -0.4 is 0 Å². The molecule has 0 N–H and O–H groups in total. The third kappa shape index (κ3) is 3.72. The lowest BCUT2D eigenvalue weighted by molar-refractivity contribution is 0.0215. The van der Waals surface area contributed by atoms with Crippen molar-refractivity contribution in [1.82, 2.24) is 9.80 Å². The van der Waals surface area contributed by atoms with Crippen LogP contribution in [0.25, 0.3) is 0 Å². The third-order valence-corrected chi connectivity index (χ3v) is 3.79.